The maximum absolute atomic E-state index is 5.59. The highest BCUT2D eigenvalue weighted by atomic mass is 16.8. The Bertz CT molecular complexity index is 173. The van der Waals surface area contributed by atoms with Gasteiger partial charge < -0.3 is 19.1 Å². The maximum Gasteiger partial charge on any atom is 0.164 e. The molecule has 3 atom stereocenters. The van der Waals surface area contributed by atoms with Gasteiger partial charge in [-0.1, -0.05) is 13.8 Å². The van der Waals surface area contributed by atoms with Crippen molar-refractivity contribution in [2.24, 2.45) is 5.92 Å². The van der Waals surface area contributed by atoms with E-state index in [0.29, 0.717) is 5.92 Å². The van der Waals surface area contributed by atoms with Crippen molar-refractivity contribution in [2.45, 2.75) is 32.8 Å². The molecule has 1 fully saturated rings. The second-order valence-corrected chi connectivity index (χ2v) is 3.89. The van der Waals surface area contributed by atoms with Crippen molar-refractivity contribution in [3.63, 3.8) is 0 Å². The van der Waals surface area contributed by atoms with Crippen LogP contribution in [-0.2, 0) is 14.2 Å². The van der Waals surface area contributed by atoms with Crippen molar-refractivity contribution >= 4 is 0 Å². The van der Waals surface area contributed by atoms with Crippen LogP contribution < -0.4 is 0 Å². The first kappa shape index (κ1) is 12.9. The van der Waals surface area contributed by atoms with Crippen LogP contribution in [0.2, 0.25) is 0 Å². The zero-order valence-corrected chi connectivity index (χ0v) is 10.2. The molecule has 0 amide bonds. The van der Waals surface area contributed by atoms with E-state index < -0.39 is 0 Å². The van der Waals surface area contributed by atoms with Gasteiger partial charge in [-0.15, -0.1) is 0 Å². The fourth-order valence-corrected chi connectivity index (χ4v) is 2.05. The second kappa shape index (κ2) is 6.43. The summed E-state index contributed by atoms with van der Waals surface area (Å²) in [6.45, 7) is 7.51. The zero-order chi connectivity index (χ0) is 11.3. The standard InChI is InChI=1S/C11H23NO3/c1-5-12(6-2)8-9-7-10(13-3)15-11(9)14-4/h9-11H,5-8H2,1-4H3. The van der Waals surface area contributed by atoms with E-state index >= 15 is 0 Å². The molecule has 0 radical (unpaired) electrons. The Morgan fingerprint density at radius 2 is 1.87 bits per heavy atom. The van der Waals surface area contributed by atoms with E-state index in [2.05, 4.69) is 18.7 Å². The summed E-state index contributed by atoms with van der Waals surface area (Å²) in [4.78, 5) is 2.39. The number of hydrogen-bond donors (Lipinski definition) is 0. The minimum Gasteiger partial charge on any atom is -0.356 e. The monoisotopic (exact) mass is 217 g/mol. The topological polar surface area (TPSA) is 30.9 Å². The van der Waals surface area contributed by atoms with Crippen molar-refractivity contribution in [1.82, 2.24) is 4.90 Å². The summed E-state index contributed by atoms with van der Waals surface area (Å²) in [5.41, 5.74) is 0. The lowest BCUT2D eigenvalue weighted by atomic mass is 10.1. The van der Waals surface area contributed by atoms with Gasteiger partial charge in [-0.2, -0.15) is 0 Å². The van der Waals surface area contributed by atoms with Crippen molar-refractivity contribution in [3.05, 3.63) is 0 Å². The molecule has 1 heterocycles. The van der Waals surface area contributed by atoms with E-state index in [9.17, 15) is 0 Å². The van der Waals surface area contributed by atoms with Crippen LogP contribution in [-0.4, -0.2) is 51.3 Å². The average molecular weight is 217 g/mol. The summed E-state index contributed by atoms with van der Waals surface area (Å²) >= 11 is 0. The minimum atomic E-state index is -0.115. The van der Waals surface area contributed by atoms with Gasteiger partial charge in [0.15, 0.2) is 12.6 Å². The first-order chi connectivity index (χ1) is 7.24. The lowest BCUT2D eigenvalue weighted by molar-refractivity contribution is -0.193. The number of ether oxygens (including phenoxy) is 3. The predicted molar refractivity (Wildman–Crippen MR) is 58.6 cm³/mol. The van der Waals surface area contributed by atoms with Crippen LogP contribution in [0.4, 0.5) is 0 Å². The van der Waals surface area contributed by atoms with Crippen molar-refractivity contribution in [2.75, 3.05) is 33.9 Å². The van der Waals surface area contributed by atoms with Crippen LogP contribution in [0.3, 0.4) is 0 Å². The normalized spacial score (nSPS) is 31.4. The Kier molecular flexibility index (Phi) is 5.53. The van der Waals surface area contributed by atoms with Crippen LogP contribution in [0.15, 0.2) is 0 Å². The Morgan fingerprint density at radius 3 is 2.33 bits per heavy atom. The second-order valence-electron chi connectivity index (χ2n) is 3.89. The molecule has 0 aromatic heterocycles. The molecular weight excluding hydrogens is 194 g/mol. The SMILES string of the molecule is CCN(CC)CC1CC(OC)OC1OC. The van der Waals surface area contributed by atoms with Crippen LogP contribution in [0, 0.1) is 5.92 Å². The van der Waals surface area contributed by atoms with E-state index in [1.807, 2.05) is 0 Å². The maximum atomic E-state index is 5.59. The van der Waals surface area contributed by atoms with Gasteiger partial charge in [0.2, 0.25) is 0 Å². The fraction of sp³-hybridized carbons (Fsp3) is 1.00. The summed E-state index contributed by atoms with van der Waals surface area (Å²) in [6, 6.07) is 0. The molecule has 0 bridgehead atoms. The van der Waals surface area contributed by atoms with Crippen LogP contribution in [0.1, 0.15) is 20.3 Å². The van der Waals surface area contributed by atoms with E-state index in [1.54, 1.807) is 14.2 Å². The van der Waals surface area contributed by atoms with Crippen molar-refractivity contribution < 1.29 is 14.2 Å². The number of nitrogens with zero attached hydrogens (tertiary/aromatic N) is 1. The number of methoxy groups -OCH3 is 2. The molecule has 0 saturated carbocycles. The van der Waals surface area contributed by atoms with Gasteiger partial charge in [0.25, 0.3) is 0 Å². The molecule has 0 aliphatic carbocycles. The molecular formula is C11H23NO3. The molecule has 1 aliphatic rings. The van der Waals surface area contributed by atoms with Gasteiger partial charge >= 0.3 is 0 Å². The molecule has 1 aliphatic heterocycles. The highest BCUT2D eigenvalue weighted by molar-refractivity contribution is 4.75. The Morgan fingerprint density at radius 1 is 1.20 bits per heavy atom. The third-order valence-electron chi connectivity index (χ3n) is 3.05. The van der Waals surface area contributed by atoms with Gasteiger partial charge in [-0.25, -0.2) is 0 Å². The van der Waals surface area contributed by atoms with Gasteiger partial charge in [-0.3, -0.25) is 0 Å². The number of hydrogen-bond acceptors (Lipinski definition) is 4. The van der Waals surface area contributed by atoms with E-state index in [0.717, 1.165) is 26.1 Å². The zero-order valence-electron chi connectivity index (χ0n) is 10.2. The van der Waals surface area contributed by atoms with Crippen molar-refractivity contribution in [3.8, 4) is 0 Å². The lowest BCUT2D eigenvalue weighted by Gasteiger charge is -2.24. The molecule has 4 nitrogen and oxygen atoms in total. The van der Waals surface area contributed by atoms with Crippen LogP contribution >= 0.6 is 0 Å². The first-order valence-corrected chi connectivity index (χ1v) is 5.68. The van der Waals surface area contributed by atoms with Crippen LogP contribution in [0.5, 0.6) is 0 Å². The van der Waals surface area contributed by atoms with Gasteiger partial charge in [0.05, 0.1) is 0 Å². The highest BCUT2D eigenvalue weighted by Crippen LogP contribution is 2.28. The highest BCUT2D eigenvalue weighted by Gasteiger charge is 2.35. The summed E-state index contributed by atoms with van der Waals surface area (Å²) in [5, 5.41) is 0. The van der Waals surface area contributed by atoms with Gasteiger partial charge in [-0.05, 0) is 13.1 Å². The Balaban J connectivity index is 2.45. The Labute approximate surface area is 92.5 Å². The first-order valence-electron chi connectivity index (χ1n) is 5.68. The third kappa shape index (κ3) is 3.41. The molecule has 0 aromatic rings. The molecule has 3 unspecified atom stereocenters. The van der Waals surface area contributed by atoms with E-state index in [-0.39, 0.29) is 12.6 Å². The lowest BCUT2D eigenvalue weighted by Crippen LogP contribution is -2.33. The quantitative estimate of drug-likeness (QED) is 0.671. The number of rotatable bonds is 6. The molecule has 15 heavy (non-hydrogen) atoms. The summed E-state index contributed by atoms with van der Waals surface area (Å²) in [5.74, 6) is 0.417. The van der Waals surface area contributed by atoms with Gasteiger partial charge in [0, 0.05) is 33.1 Å². The molecule has 1 rings (SSSR count). The average Bonchev–Trinajstić information content (AvgIpc) is 2.68. The summed E-state index contributed by atoms with van der Waals surface area (Å²) in [7, 11) is 3.37. The molecule has 90 valence electrons. The van der Waals surface area contributed by atoms with Crippen molar-refractivity contribution in [1.29, 1.82) is 0 Å². The van der Waals surface area contributed by atoms with Crippen LogP contribution in [0.25, 0.3) is 0 Å². The third-order valence-corrected chi connectivity index (χ3v) is 3.05. The Hall–Kier alpha value is -0.160. The van der Waals surface area contributed by atoms with E-state index in [4.69, 9.17) is 14.2 Å². The fourth-order valence-electron chi connectivity index (χ4n) is 2.05. The molecule has 4 heteroatoms. The summed E-state index contributed by atoms with van der Waals surface area (Å²) < 4.78 is 16.1. The molecule has 0 aromatic carbocycles. The van der Waals surface area contributed by atoms with Gasteiger partial charge in [0.1, 0.15) is 0 Å². The molecule has 1 saturated heterocycles. The smallest absolute Gasteiger partial charge is 0.164 e. The molecule has 0 N–H and O–H groups in total. The molecule has 0 spiro atoms. The largest absolute Gasteiger partial charge is 0.356 e. The predicted octanol–water partition coefficient (Wildman–Crippen LogP) is 1.31. The summed E-state index contributed by atoms with van der Waals surface area (Å²) in [6.07, 6.45) is 0.706. The minimum absolute atomic E-state index is 0.101. The van der Waals surface area contributed by atoms with E-state index in [1.165, 1.54) is 0 Å².